The van der Waals surface area contributed by atoms with Crippen molar-refractivity contribution >= 4 is 21.6 Å². The SMILES string of the molecule is CCCOc1ccccc1Oc1cc(C)c(N)cc1Br. The molecule has 2 aromatic carbocycles. The molecule has 2 N–H and O–H groups in total. The van der Waals surface area contributed by atoms with E-state index in [1.54, 1.807) is 0 Å². The molecule has 0 saturated carbocycles. The predicted octanol–water partition coefficient (Wildman–Crippen LogP) is 4.92. The van der Waals surface area contributed by atoms with Gasteiger partial charge >= 0.3 is 0 Å². The Kier molecular flexibility index (Phi) is 4.90. The van der Waals surface area contributed by atoms with Gasteiger partial charge in [-0.2, -0.15) is 0 Å². The number of halogens is 1. The third-order valence-corrected chi connectivity index (χ3v) is 3.47. The summed E-state index contributed by atoms with van der Waals surface area (Å²) < 4.78 is 12.5. The van der Waals surface area contributed by atoms with Gasteiger partial charge in [-0.25, -0.2) is 0 Å². The van der Waals surface area contributed by atoms with Crippen LogP contribution in [0.15, 0.2) is 40.9 Å². The van der Waals surface area contributed by atoms with Gasteiger partial charge in [0.1, 0.15) is 5.75 Å². The molecule has 0 amide bonds. The molecule has 0 radical (unpaired) electrons. The summed E-state index contributed by atoms with van der Waals surface area (Å²) >= 11 is 3.47. The number of nitrogens with two attached hydrogens (primary N) is 1. The molecule has 0 unspecified atom stereocenters. The second kappa shape index (κ2) is 6.66. The van der Waals surface area contributed by atoms with Gasteiger partial charge < -0.3 is 15.2 Å². The number of rotatable bonds is 5. The highest BCUT2D eigenvalue weighted by molar-refractivity contribution is 9.10. The third-order valence-electron chi connectivity index (χ3n) is 2.85. The van der Waals surface area contributed by atoms with Gasteiger partial charge in [-0.05, 0) is 59.1 Å². The molecule has 0 fully saturated rings. The lowest BCUT2D eigenvalue weighted by atomic mass is 10.2. The third kappa shape index (κ3) is 3.45. The first kappa shape index (κ1) is 14.7. The van der Waals surface area contributed by atoms with Crippen molar-refractivity contribution in [1.29, 1.82) is 0 Å². The Morgan fingerprint density at radius 1 is 1.10 bits per heavy atom. The molecule has 0 heterocycles. The molecule has 0 aliphatic heterocycles. The van der Waals surface area contributed by atoms with Gasteiger partial charge in [-0.1, -0.05) is 19.1 Å². The summed E-state index contributed by atoms with van der Waals surface area (Å²) in [6, 6.07) is 11.4. The van der Waals surface area contributed by atoms with Crippen LogP contribution in [0.2, 0.25) is 0 Å². The lowest BCUT2D eigenvalue weighted by Gasteiger charge is -2.14. The smallest absolute Gasteiger partial charge is 0.169 e. The number of nitrogen functional groups attached to an aromatic ring is 1. The van der Waals surface area contributed by atoms with Gasteiger partial charge in [0.25, 0.3) is 0 Å². The highest BCUT2D eigenvalue weighted by atomic mass is 79.9. The standard InChI is InChI=1S/C16H18BrNO2/c1-3-8-19-14-6-4-5-7-15(14)20-16-9-11(2)13(18)10-12(16)17/h4-7,9-10H,3,8,18H2,1-2H3. The molecule has 2 rings (SSSR count). The van der Waals surface area contributed by atoms with Gasteiger partial charge in [0, 0.05) is 5.69 Å². The lowest BCUT2D eigenvalue weighted by Crippen LogP contribution is -1.98. The maximum absolute atomic E-state index is 5.95. The minimum Gasteiger partial charge on any atom is -0.490 e. The van der Waals surface area contributed by atoms with Crippen LogP contribution in [0.5, 0.6) is 17.2 Å². The van der Waals surface area contributed by atoms with Crippen LogP contribution in [0, 0.1) is 6.92 Å². The lowest BCUT2D eigenvalue weighted by molar-refractivity contribution is 0.302. The van der Waals surface area contributed by atoms with Crippen molar-refractivity contribution in [2.24, 2.45) is 0 Å². The van der Waals surface area contributed by atoms with E-state index in [4.69, 9.17) is 15.2 Å². The summed E-state index contributed by atoms with van der Waals surface area (Å²) in [7, 11) is 0. The first-order chi connectivity index (χ1) is 9.61. The number of anilines is 1. The Hall–Kier alpha value is -1.68. The molecule has 2 aromatic rings. The minimum absolute atomic E-state index is 0.669. The van der Waals surface area contributed by atoms with Gasteiger partial charge in [0.15, 0.2) is 11.5 Å². The fraction of sp³-hybridized carbons (Fsp3) is 0.250. The van der Waals surface area contributed by atoms with E-state index in [1.807, 2.05) is 43.3 Å². The molecule has 0 aromatic heterocycles. The summed E-state index contributed by atoms with van der Waals surface area (Å²) in [6.45, 7) is 4.69. The molecular weight excluding hydrogens is 318 g/mol. The highest BCUT2D eigenvalue weighted by Crippen LogP contribution is 2.37. The maximum atomic E-state index is 5.95. The normalized spacial score (nSPS) is 10.3. The van der Waals surface area contributed by atoms with Crippen molar-refractivity contribution in [3.63, 3.8) is 0 Å². The second-order valence-corrected chi connectivity index (χ2v) is 5.39. The van der Waals surface area contributed by atoms with E-state index in [1.165, 1.54) is 0 Å². The number of ether oxygens (including phenoxy) is 2. The van der Waals surface area contributed by atoms with Crippen LogP contribution in [0.25, 0.3) is 0 Å². The maximum Gasteiger partial charge on any atom is 0.169 e. The Morgan fingerprint density at radius 2 is 1.80 bits per heavy atom. The summed E-state index contributed by atoms with van der Waals surface area (Å²) in [4.78, 5) is 0. The van der Waals surface area contributed by atoms with Crippen LogP contribution in [-0.2, 0) is 0 Å². The molecule has 106 valence electrons. The quantitative estimate of drug-likeness (QED) is 0.788. The first-order valence-electron chi connectivity index (χ1n) is 6.57. The molecular formula is C16H18BrNO2. The molecule has 4 heteroatoms. The molecule has 0 aliphatic rings. The Morgan fingerprint density at radius 3 is 2.50 bits per heavy atom. The fourth-order valence-electron chi connectivity index (χ4n) is 1.73. The van der Waals surface area contributed by atoms with Gasteiger partial charge in [-0.3, -0.25) is 0 Å². The number of benzene rings is 2. The molecule has 3 nitrogen and oxygen atoms in total. The van der Waals surface area contributed by atoms with Crippen LogP contribution < -0.4 is 15.2 Å². The van der Waals surface area contributed by atoms with Crippen molar-refractivity contribution in [2.45, 2.75) is 20.3 Å². The molecule has 0 aliphatic carbocycles. The van der Waals surface area contributed by atoms with Crippen LogP contribution >= 0.6 is 15.9 Å². The average Bonchev–Trinajstić information content (AvgIpc) is 2.44. The molecule has 0 atom stereocenters. The van der Waals surface area contributed by atoms with Gasteiger partial charge in [-0.15, -0.1) is 0 Å². The molecule has 0 bridgehead atoms. The Labute approximate surface area is 127 Å². The van der Waals surface area contributed by atoms with E-state index in [9.17, 15) is 0 Å². The average molecular weight is 336 g/mol. The van der Waals surface area contributed by atoms with Gasteiger partial charge in [0.2, 0.25) is 0 Å². The number of hydrogen-bond donors (Lipinski definition) is 1. The zero-order valence-corrected chi connectivity index (χ0v) is 13.2. The van der Waals surface area contributed by atoms with Crippen molar-refractivity contribution in [3.8, 4) is 17.2 Å². The van der Waals surface area contributed by atoms with Crippen LogP contribution in [0.1, 0.15) is 18.9 Å². The van der Waals surface area contributed by atoms with Crippen molar-refractivity contribution in [3.05, 3.63) is 46.4 Å². The van der Waals surface area contributed by atoms with E-state index in [2.05, 4.69) is 22.9 Å². The molecule has 20 heavy (non-hydrogen) atoms. The zero-order chi connectivity index (χ0) is 14.5. The molecule has 0 saturated heterocycles. The topological polar surface area (TPSA) is 44.5 Å². The predicted molar refractivity (Wildman–Crippen MR) is 85.6 cm³/mol. The minimum atomic E-state index is 0.669. The largest absolute Gasteiger partial charge is 0.490 e. The highest BCUT2D eigenvalue weighted by Gasteiger charge is 2.09. The number of hydrogen-bond acceptors (Lipinski definition) is 3. The zero-order valence-electron chi connectivity index (χ0n) is 11.7. The van der Waals surface area contributed by atoms with Crippen molar-refractivity contribution in [2.75, 3.05) is 12.3 Å². The Balaban J connectivity index is 2.28. The monoisotopic (exact) mass is 335 g/mol. The van der Waals surface area contributed by atoms with E-state index < -0.39 is 0 Å². The second-order valence-electron chi connectivity index (χ2n) is 4.54. The van der Waals surface area contributed by atoms with Crippen molar-refractivity contribution < 1.29 is 9.47 Å². The summed E-state index contributed by atoms with van der Waals surface area (Å²) in [5, 5.41) is 0. The van der Waals surface area contributed by atoms with E-state index in [0.717, 1.165) is 33.6 Å². The van der Waals surface area contributed by atoms with Crippen molar-refractivity contribution in [1.82, 2.24) is 0 Å². The van der Waals surface area contributed by atoms with Gasteiger partial charge in [0.05, 0.1) is 11.1 Å². The van der Waals surface area contributed by atoms with E-state index >= 15 is 0 Å². The number of aryl methyl sites for hydroxylation is 1. The van der Waals surface area contributed by atoms with E-state index in [0.29, 0.717) is 12.4 Å². The molecule has 0 spiro atoms. The van der Waals surface area contributed by atoms with E-state index in [-0.39, 0.29) is 0 Å². The van der Waals surface area contributed by atoms with Crippen LogP contribution in [0.3, 0.4) is 0 Å². The van der Waals surface area contributed by atoms with Crippen LogP contribution in [0.4, 0.5) is 5.69 Å². The number of para-hydroxylation sites is 2. The summed E-state index contributed by atoms with van der Waals surface area (Å²) in [5.74, 6) is 2.17. The fourth-order valence-corrected chi connectivity index (χ4v) is 2.17. The summed E-state index contributed by atoms with van der Waals surface area (Å²) in [6.07, 6.45) is 0.957. The van der Waals surface area contributed by atoms with Crippen LogP contribution in [-0.4, -0.2) is 6.61 Å². The Bertz CT molecular complexity index is 599. The summed E-state index contributed by atoms with van der Waals surface area (Å²) in [5.41, 5.74) is 7.59. The first-order valence-corrected chi connectivity index (χ1v) is 7.36.